The molecule has 1 rings (SSSR count). The number of carbonyl (C=O) groups is 1. The molecule has 0 saturated heterocycles. The predicted molar refractivity (Wildman–Crippen MR) is 81.6 cm³/mol. The van der Waals surface area contributed by atoms with Crippen molar-refractivity contribution in [2.24, 2.45) is 0 Å². The molecule has 1 unspecified atom stereocenters. The highest BCUT2D eigenvalue weighted by Crippen LogP contribution is 2.12. The van der Waals surface area contributed by atoms with Gasteiger partial charge in [-0.3, -0.25) is 0 Å². The molecular weight excluding hydrogens is 270 g/mol. The number of nitrogens with one attached hydrogen (secondary N) is 1. The van der Waals surface area contributed by atoms with Gasteiger partial charge in [0.25, 0.3) is 0 Å². The van der Waals surface area contributed by atoms with Crippen LogP contribution in [0.1, 0.15) is 33.3 Å². The number of alkyl carbamates (subject to hydrolysis) is 1. The molecule has 5 heteroatoms. The van der Waals surface area contributed by atoms with Crippen LogP contribution in [-0.2, 0) is 11.2 Å². The topological polar surface area (TPSA) is 67.8 Å². The minimum Gasteiger partial charge on any atom is -0.491 e. The minimum atomic E-state index is -0.789. The molecule has 21 heavy (non-hydrogen) atoms. The summed E-state index contributed by atoms with van der Waals surface area (Å²) in [5.74, 6) is 0.698. The van der Waals surface area contributed by atoms with E-state index in [1.165, 1.54) is 5.56 Å². The largest absolute Gasteiger partial charge is 0.491 e. The maximum atomic E-state index is 11.4. The summed E-state index contributed by atoms with van der Waals surface area (Å²) in [4.78, 5) is 11.4. The van der Waals surface area contributed by atoms with Gasteiger partial charge >= 0.3 is 6.09 Å². The van der Waals surface area contributed by atoms with Crippen LogP contribution in [0.15, 0.2) is 24.3 Å². The lowest BCUT2D eigenvalue weighted by atomic mass is 10.2. The zero-order valence-corrected chi connectivity index (χ0v) is 13.2. The van der Waals surface area contributed by atoms with Gasteiger partial charge in [0.2, 0.25) is 0 Å². The van der Waals surface area contributed by atoms with Crippen molar-refractivity contribution < 1.29 is 19.4 Å². The minimum absolute atomic E-state index is 0.0853. The van der Waals surface area contributed by atoms with Crippen LogP contribution in [0.4, 0.5) is 4.79 Å². The van der Waals surface area contributed by atoms with Gasteiger partial charge < -0.3 is 19.9 Å². The molecule has 1 aromatic carbocycles. The average molecular weight is 295 g/mol. The van der Waals surface area contributed by atoms with Gasteiger partial charge in [-0.25, -0.2) is 4.79 Å². The van der Waals surface area contributed by atoms with Crippen molar-refractivity contribution in [3.8, 4) is 5.75 Å². The fourth-order valence-electron chi connectivity index (χ4n) is 1.59. The molecule has 0 spiro atoms. The number of rotatable bonds is 6. The van der Waals surface area contributed by atoms with Crippen LogP contribution in [0.5, 0.6) is 5.75 Å². The highest BCUT2D eigenvalue weighted by atomic mass is 16.6. The number of hydrogen-bond acceptors (Lipinski definition) is 4. The van der Waals surface area contributed by atoms with Crippen molar-refractivity contribution in [2.45, 2.75) is 45.8 Å². The van der Waals surface area contributed by atoms with Crippen LogP contribution in [0.2, 0.25) is 0 Å². The highest BCUT2D eigenvalue weighted by Gasteiger charge is 2.16. The van der Waals surface area contributed by atoms with Crippen LogP contribution >= 0.6 is 0 Å². The maximum absolute atomic E-state index is 11.4. The van der Waals surface area contributed by atoms with Gasteiger partial charge in [-0.05, 0) is 44.9 Å². The molecule has 0 aromatic heterocycles. The second-order valence-corrected chi connectivity index (χ2v) is 5.85. The molecular formula is C16H25NO4. The Hall–Kier alpha value is -1.75. The molecule has 1 amide bonds. The van der Waals surface area contributed by atoms with Crippen LogP contribution in [0.25, 0.3) is 0 Å². The zero-order valence-electron chi connectivity index (χ0n) is 13.2. The van der Waals surface area contributed by atoms with Gasteiger partial charge in [0.1, 0.15) is 24.1 Å². The molecule has 0 saturated carbocycles. The fraction of sp³-hybridized carbons (Fsp3) is 0.562. The monoisotopic (exact) mass is 295 g/mol. The molecule has 0 aliphatic heterocycles. The van der Waals surface area contributed by atoms with Crippen molar-refractivity contribution in [1.82, 2.24) is 5.32 Å². The molecule has 2 N–H and O–H groups in total. The zero-order chi connectivity index (χ0) is 15.9. The fourth-order valence-corrected chi connectivity index (χ4v) is 1.59. The molecule has 0 heterocycles. The number of ether oxygens (including phenoxy) is 2. The van der Waals surface area contributed by atoms with E-state index in [4.69, 9.17) is 9.47 Å². The van der Waals surface area contributed by atoms with Gasteiger partial charge in [-0.15, -0.1) is 0 Å². The van der Waals surface area contributed by atoms with E-state index in [9.17, 15) is 9.90 Å². The summed E-state index contributed by atoms with van der Waals surface area (Å²) in [7, 11) is 0. The van der Waals surface area contributed by atoms with Crippen molar-refractivity contribution >= 4 is 6.09 Å². The van der Waals surface area contributed by atoms with Crippen molar-refractivity contribution in [2.75, 3.05) is 13.2 Å². The Balaban J connectivity index is 2.27. The third-order valence-corrected chi connectivity index (χ3v) is 2.65. The number of aliphatic hydroxyl groups is 1. The Morgan fingerprint density at radius 2 is 1.90 bits per heavy atom. The second-order valence-electron chi connectivity index (χ2n) is 5.85. The van der Waals surface area contributed by atoms with E-state index in [0.29, 0.717) is 5.75 Å². The third-order valence-electron chi connectivity index (χ3n) is 2.65. The Bertz CT molecular complexity index is 437. The second kappa shape index (κ2) is 7.88. The van der Waals surface area contributed by atoms with Gasteiger partial charge in [-0.2, -0.15) is 0 Å². The van der Waals surface area contributed by atoms with E-state index in [1.54, 1.807) is 20.8 Å². The number of aryl methyl sites for hydroxylation is 1. The molecule has 0 aliphatic rings. The standard InChI is InChI=1S/C16H25NO4/c1-5-12-6-8-14(9-7-12)20-11-13(18)10-17-15(19)21-16(2,3)4/h6-9,13,18H,5,10-11H2,1-4H3,(H,17,19). The Labute approximate surface area is 126 Å². The van der Waals surface area contributed by atoms with Gasteiger partial charge in [0.15, 0.2) is 0 Å². The van der Waals surface area contributed by atoms with Gasteiger partial charge in [0.05, 0.1) is 6.54 Å². The molecule has 0 fully saturated rings. The third kappa shape index (κ3) is 7.56. The average Bonchev–Trinajstić information content (AvgIpc) is 2.41. The maximum Gasteiger partial charge on any atom is 0.407 e. The van der Waals surface area contributed by atoms with E-state index in [0.717, 1.165) is 6.42 Å². The first kappa shape index (κ1) is 17.3. The molecule has 1 atom stereocenters. The smallest absolute Gasteiger partial charge is 0.407 e. The van der Waals surface area contributed by atoms with Crippen molar-refractivity contribution in [3.63, 3.8) is 0 Å². The van der Waals surface area contributed by atoms with Crippen LogP contribution in [0, 0.1) is 0 Å². The first-order valence-corrected chi connectivity index (χ1v) is 7.17. The lowest BCUT2D eigenvalue weighted by Gasteiger charge is -2.20. The van der Waals surface area contributed by atoms with E-state index in [1.807, 2.05) is 24.3 Å². The highest BCUT2D eigenvalue weighted by molar-refractivity contribution is 5.67. The summed E-state index contributed by atoms with van der Waals surface area (Å²) in [6.45, 7) is 7.63. The predicted octanol–water partition coefficient (Wildman–Crippen LogP) is 2.51. The lowest BCUT2D eigenvalue weighted by Crippen LogP contribution is -2.38. The number of hydrogen-bond donors (Lipinski definition) is 2. The number of carbonyl (C=O) groups excluding carboxylic acids is 1. The van der Waals surface area contributed by atoms with Crippen molar-refractivity contribution in [3.05, 3.63) is 29.8 Å². The molecule has 0 radical (unpaired) electrons. The van der Waals surface area contributed by atoms with E-state index in [2.05, 4.69) is 12.2 Å². The van der Waals surface area contributed by atoms with E-state index < -0.39 is 17.8 Å². The first-order chi connectivity index (χ1) is 9.80. The summed E-state index contributed by atoms with van der Waals surface area (Å²) in [6, 6.07) is 7.71. The van der Waals surface area contributed by atoms with Crippen LogP contribution < -0.4 is 10.1 Å². The Kier molecular flexibility index (Phi) is 6.49. The lowest BCUT2D eigenvalue weighted by molar-refractivity contribution is 0.0463. The summed E-state index contributed by atoms with van der Waals surface area (Å²) in [6.07, 6.45) is -0.361. The molecule has 0 aliphatic carbocycles. The van der Waals surface area contributed by atoms with E-state index >= 15 is 0 Å². The molecule has 0 bridgehead atoms. The van der Waals surface area contributed by atoms with Crippen LogP contribution in [-0.4, -0.2) is 36.1 Å². The van der Waals surface area contributed by atoms with Gasteiger partial charge in [0, 0.05) is 0 Å². The summed E-state index contributed by atoms with van der Waals surface area (Å²) < 4.78 is 10.5. The summed E-state index contributed by atoms with van der Waals surface area (Å²) >= 11 is 0. The first-order valence-electron chi connectivity index (χ1n) is 7.17. The SMILES string of the molecule is CCc1ccc(OCC(O)CNC(=O)OC(C)(C)C)cc1. The molecule has 5 nitrogen and oxygen atoms in total. The summed E-state index contributed by atoms with van der Waals surface area (Å²) in [5.41, 5.74) is 0.682. The van der Waals surface area contributed by atoms with E-state index in [-0.39, 0.29) is 13.2 Å². The summed E-state index contributed by atoms with van der Waals surface area (Å²) in [5, 5.41) is 12.3. The van der Waals surface area contributed by atoms with Crippen molar-refractivity contribution in [1.29, 1.82) is 0 Å². The molecule has 118 valence electrons. The quantitative estimate of drug-likeness (QED) is 0.846. The molecule has 1 aromatic rings. The van der Waals surface area contributed by atoms with Gasteiger partial charge in [-0.1, -0.05) is 19.1 Å². The Morgan fingerprint density at radius 1 is 1.29 bits per heavy atom. The normalized spacial score (nSPS) is 12.6. The number of amides is 1. The number of benzene rings is 1. The number of aliphatic hydroxyl groups excluding tert-OH is 1. The van der Waals surface area contributed by atoms with Crippen LogP contribution in [0.3, 0.4) is 0 Å². The Morgan fingerprint density at radius 3 is 2.43 bits per heavy atom.